The first-order valence-electron chi connectivity index (χ1n) is 6.17. The number of benzene rings is 1. The van der Waals surface area contributed by atoms with Crippen LogP contribution in [0, 0.1) is 12.8 Å². The molecule has 0 heterocycles. The molecular weight excluding hydrogens is 214 g/mol. The highest BCUT2D eigenvalue weighted by molar-refractivity contribution is 5.95. The molecule has 0 bridgehead atoms. The van der Waals surface area contributed by atoms with Crippen molar-refractivity contribution in [2.24, 2.45) is 5.92 Å². The summed E-state index contributed by atoms with van der Waals surface area (Å²) < 4.78 is 0. The molecule has 1 saturated carbocycles. The van der Waals surface area contributed by atoms with Crippen LogP contribution in [0.3, 0.4) is 0 Å². The Morgan fingerprint density at radius 1 is 1.53 bits per heavy atom. The molecule has 1 aliphatic rings. The molecule has 0 aromatic heterocycles. The van der Waals surface area contributed by atoms with Gasteiger partial charge >= 0.3 is 5.97 Å². The van der Waals surface area contributed by atoms with Crippen molar-refractivity contribution in [2.45, 2.75) is 39.2 Å². The van der Waals surface area contributed by atoms with E-state index >= 15 is 0 Å². The number of anilines is 1. The van der Waals surface area contributed by atoms with Crippen LogP contribution in [0.15, 0.2) is 18.2 Å². The molecule has 0 radical (unpaired) electrons. The summed E-state index contributed by atoms with van der Waals surface area (Å²) in [4.78, 5) is 11.2. The van der Waals surface area contributed by atoms with E-state index in [-0.39, 0.29) is 0 Å². The largest absolute Gasteiger partial charge is 0.478 e. The van der Waals surface area contributed by atoms with Crippen LogP contribution in [-0.2, 0) is 0 Å². The maximum absolute atomic E-state index is 11.2. The standard InChI is InChI=1S/C14H19NO2/c1-9-4-3-5-12(14(16)17)13(9)15-10(2)8-11-6-7-11/h3-5,10-11,15H,6-8H2,1-2H3,(H,16,17). The fourth-order valence-corrected chi connectivity index (χ4v) is 2.20. The summed E-state index contributed by atoms with van der Waals surface area (Å²) >= 11 is 0. The number of carbonyl (C=O) groups is 1. The molecule has 1 aromatic carbocycles. The lowest BCUT2D eigenvalue weighted by atomic mass is 10.1. The predicted molar refractivity (Wildman–Crippen MR) is 68.6 cm³/mol. The lowest BCUT2D eigenvalue weighted by Gasteiger charge is -2.18. The first kappa shape index (κ1) is 12.0. The number of rotatable bonds is 5. The van der Waals surface area contributed by atoms with Gasteiger partial charge in [0.25, 0.3) is 0 Å². The van der Waals surface area contributed by atoms with E-state index in [0.29, 0.717) is 11.6 Å². The fourth-order valence-electron chi connectivity index (χ4n) is 2.20. The Morgan fingerprint density at radius 3 is 2.82 bits per heavy atom. The second kappa shape index (κ2) is 4.78. The van der Waals surface area contributed by atoms with E-state index in [1.807, 2.05) is 13.0 Å². The van der Waals surface area contributed by atoms with Crippen LogP contribution in [-0.4, -0.2) is 17.1 Å². The Bertz CT molecular complexity index is 424. The summed E-state index contributed by atoms with van der Waals surface area (Å²) in [5.74, 6) is -0.0235. The SMILES string of the molecule is Cc1cccc(C(=O)O)c1NC(C)CC1CC1. The fraction of sp³-hybridized carbons (Fsp3) is 0.500. The minimum absolute atomic E-state index is 0.335. The van der Waals surface area contributed by atoms with Crippen LogP contribution in [0.1, 0.15) is 42.1 Å². The van der Waals surface area contributed by atoms with Gasteiger partial charge in [-0.25, -0.2) is 4.79 Å². The second-order valence-electron chi connectivity index (χ2n) is 5.03. The zero-order chi connectivity index (χ0) is 12.4. The number of carboxylic acids is 1. The summed E-state index contributed by atoms with van der Waals surface area (Å²) in [5, 5.41) is 12.5. The molecule has 1 fully saturated rings. The first-order valence-corrected chi connectivity index (χ1v) is 6.17. The topological polar surface area (TPSA) is 49.3 Å². The molecule has 1 aromatic rings. The number of aryl methyl sites for hydroxylation is 1. The summed E-state index contributed by atoms with van der Waals surface area (Å²) in [6, 6.07) is 5.72. The summed E-state index contributed by atoms with van der Waals surface area (Å²) in [6.07, 6.45) is 3.78. The van der Waals surface area contributed by atoms with Crippen LogP contribution in [0.25, 0.3) is 0 Å². The molecular formula is C14H19NO2. The number of aromatic carboxylic acids is 1. The zero-order valence-corrected chi connectivity index (χ0v) is 10.4. The number of carboxylic acid groups (broad SMARTS) is 1. The molecule has 1 unspecified atom stereocenters. The van der Waals surface area contributed by atoms with E-state index in [4.69, 9.17) is 5.11 Å². The van der Waals surface area contributed by atoms with Crippen LogP contribution in [0.2, 0.25) is 0 Å². The lowest BCUT2D eigenvalue weighted by molar-refractivity contribution is 0.0698. The number of nitrogens with one attached hydrogen (secondary N) is 1. The monoisotopic (exact) mass is 233 g/mol. The molecule has 2 rings (SSSR count). The lowest BCUT2D eigenvalue weighted by Crippen LogP contribution is -2.18. The predicted octanol–water partition coefficient (Wildman–Crippen LogP) is 3.29. The molecule has 2 N–H and O–H groups in total. The van der Waals surface area contributed by atoms with Crippen molar-refractivity contribution in [1.29, 1.82) is 0 Å². The van der Waals surface area contributed by atoms with Crippen molar-refractivity contribution in [2.75, 3.05) is 5.32 Å². The van der Waals surface area contributed by atoms with Gasteiger partial charge in [0.2, 0.25) is 0 Å². The Morgan fingerprint density at radius 2 is 2.24 bits per heavy atom. The van der Waals surface area contributed by atoms with Crippen molar-refractivity contribution in [1.82, 2.24) is 0 Å². The van der Waals surface area contributed by atoms with Gasteiger partial charge in [0.15, 0.2) is 0 Å². The highest BCUT2D eigenvalue weighted by Gasteiger charge is 2.24. The highest BCUT2D eigenvalue weighted by atomic mass is 16.4. The van der Waals surface area contributed by atoms with Crippen LogP contribution < -0.4 is 5.32 Å². The van der Waals surface area contributed by atoms with Gasteiger partial charge in [-0.3, -0.25) is 0 Å². The molecule has 0 aliphatic heterocycles. The maximum atomic E-state index is 11.2. The Hall–Kier alpha value is -1.51. The van der Waals surface area contributed by atoms with Gasteiger partial charge in [-0.2, -0.15) is 0 Å². The van der Waals surface area contributed by atoms with Crippen molar-refractivity contribution >= 4 is 11.7 Å². The van der Waals surface area contributed by atoms with E-state index in [2.05, 4.69) is 12.2 Å². The van der Waals surface area contributed by atoms with Gasteiger partial charge in [0.1, 0.15) is 0 Å². The molecule has 92 valence electrons. The van der Waals surface area contributed by atoms with Crippen LogP contribution in [0.5, 0.6) is 0 Å². The maximum Gasteiger partial charge on any atom is 0.337 e. The summed E-state index contributed by atoms with van der Waals surface area (Å²) in [7, 11) is 0. The Balaban J connectivity index is 2.14. The number of hydrogen-bond acceptors (Lipinski definition) is 2. The molecule has 3 nitrogen and oxygen atoms in total. The molecule has 1 aliphatic carbocycles. The average molecular weight is 233 g/mol. The number of para-hydroxylation sites is 1. The van der Waals surface area contributed by atoms with Crippen molar-refractivity contribution in [3.63, 3.8) is 0 Å². The molecule has 3 heteroatoms. The summed E-state index contributed by atoms with van der Waals surface area (Å²) in [5.41, 5.74) is 2.13. The highest BCUT2D eigenvalue weighted by Crippen LogP contribution is 2.34. The Kier molecular flexibility index (Phi) is 3.36. The first-order chi connectivity index (χ1) is 8.08. The van der Waals surface area contributed by atoms with Gasteiger partial charge in [-0.1, -0.05) is 25.0 Å². The molecule has 0 amide bonds. The van der Waals surface area contributed by atoms with Crippen molar-refractivity contribution < 1.29 is 9.90 Å². The third-order valence-electron chi connectivity index (χ3n) is 3.28. The van der Waals surface area contributed by atoms with Gasteiger partial charge < -0.3 is 10.4 Å². The van der Waals surface area contributed by atoms with Crippen LogP contribution in [0.4, 0.5) is 5.69 Å². The van der Waals surface area contributed by atoms with E-state index in [1.165, 1.54) is 12.8 Å². The summed E-state index contributed by atoms with van der Waals surface area (Å²) in [6.45, 7) is 4.06. The second-order valence-corrected chi connectivity index (χ2v) is 5.03. The minimum Gasteiger partial charge on any atom is -0.478 e. The van der Waals surface area contributed by atoms with Gasteiger partial charge in [0.05, 0.1) is 11.3 Å². The molecule has 17 heavy (non-hydrogen) atoms. The van der Waals surface area contributed by atoms with E-state index < -0.39 is 5.97 Å². The average Bonchev–Trinajstić information content (AvgIpc) is 3.04. The Labute approximate surface area is 102 Å². The quantitative estimate of drug-likeness (QED) is 0.820. The van der Waals surface area contributed by atoms with Crippen molar-refractivity contribution in [3.05, 3.63) is 29.3 Å². The molecule has 1 atom stereocenters. The van der Waals surface area contributed by atoms with Gasteiger partial charge in [-0.15, -0.1) is 0 Å². The third-order valence-corrected chi connectivity index (χ3v) is 3.28. The number of hydrogen-bond donors (Lipinski definition) is 2. The van der Waals surface area contributed by atoms with Crippen molar-refractivity contribution in [3.8, 4) is 0 Å². The minimum atomic E-state index is -0.866. The van der Waals surface area contributed by atoms with Gasteiger partial charge in [-0.05, 0) is 37.8 Å². The smallest absolute Gasteiger partial charge is 0.337 e. The van der Waals surface area contributed by atoms with Crippen LogP contribution >= 0.6 is 0 Å². The zero-order valence-electron chi connectivity index (χ0n) is 10.4. The van der Waals surface area contributed by atoms with E-state index in [0.717, 1.165) is 23.6 Å². The van der Waals surface area contributed by atoms with Gasteiger partial charge in [0, 0.05) is 6.04 Å². The van der Waals surface area contributed by atoms with E-state index in [9.17, 15) is 4.79 Å². The normalized spacial score (nSPS) is 16.6. The molecule has 0 saturated heterocycles. The van der Waals surface area contributed by atoms with E-state index in [1.54, 1.807) is 12.1 Å². The third kappa shape index (κ3) is 2.99. The molecule has 0 spiro atoms.